The second-order valence-electron chi connectivity index (χ2n) is 4.97. The van der Waals surface area contributed by atoms with Gasteiger partial charge in [0.15, 0.2) is 0 Å². The summed E-state index contributed by atoms with van der Waals surface area (Å²) in [6, 6.07) is 6.98. The maximum Gasteiger partial charge on any atom is 0.319 e. The predicted octanol–water partition coefficient (Wildman–Crippen LogP) is 2.98. The number of anilines is 1. The molecule has 1 aromatic rings. The third-order valence-electron chi connectivity index (χ3n) is 3.66. The van der Waals surface area contributed by atoms with Crippen LogP contribution in [-0.4, -0.2) is 18.6 Å². The molecule has 0 saturated heterocycles. The molecule has 1 atom stereocenters. The Morgan fingerprint density at radius 1 is 1.37 bits per heavy atom. The lowest BCUT2D eigenvalue weighted by Gasteiger charge is -2.23. The van der Waals surface area contributed by atoms with Crippen molar-refractivity contribution in [2.45, 2.75) is 31.7 Å². The molecule has 1 saturated carbocycles. The molecule has 1 aliphatic rings. The summed E-state index contributed by atoms with van der Waals surface area (Å²) in [5.74, 6) is 0.502. The number of halogens is 1. The van der Waals surface area contributed by atoms with Crippen LogP contribution in [0.3, 0.4) is 0 Å². The van der Waals surface area contributed by atoms with E-state index in [0.717, 1.165) is 12.8 Å². The Labute approximate surface area is 118 Å². The SMILES string of the molecule is NCC(NC(=O)Nc1ccccc1Cl)C1CCCC1. The van der Waals surface area contributed by atoms with Crippen molar-refractivity contribution in [3.05, 3.63) is 29.3 Å². The molecule has 0 aliphatic heterocycles. The van der Waals surface area contributed by atoms with Gasteiger partial charge in [0, 0.05) is 12.6 Å². The van der Waals surface area contributed by atoms with E-state index < -0.39 is 0 Å². The molecule has 0 spiro atoms. The maximum atomic E-state index is 12.0. The van der Waals surface area contributed by atoms with Crippen LogP contribution in [0.15, 0.2) is 24.3 Å². The number of nitrogens with two attached hydrogens (primary N) is 1. The van der Waals surface area contributed by atoms with Gasteiger partial charge >= 0.3 is 6.03 Å². The average Bonchev–Trinajstić information content (AvgIpc) is 2.92. The second-order valence-corrected chi connectivity index (χ2v) is 5.37. The summed E-state index contributed by atoms with van der Waals surface area (Å²) < 4.78 is 0. The first-order valence-corrected chi connectivity index (χ1v) is 7.10. The van der Waals surface area contributed by atoms with E-state index in [-0.39, 0.29) is 12.1 Å². The Kier molecular flexibility index (Phi) is 5.05. The number of urea groups is 1. The Balaban J connectivity index is 1.91. The molecule has 0 bridgehead atoms. The number of hydrogen-bond donors (Lipinski definition) is 3. The van der Waals surface area contributed by atoms with Gasteiger partial charge in [-0.2, -0.15) is 0 Å². The summed E-state index contributed by atoms with van der Waals surface area (Å²) in [7, 11) is 0. The molecule has 19 heavy (non-hydrogen) atoms. The minimum Gasteiger partial charge on any atom is -0.334 e. The van der Waals surface area contributed by atoms with Crippen molar-refractivity contribution < 1.29 is 4.79 Å². The molecule has 5 heteroatoms. The summed E-state index contributed by atoms with van der Waals surface area (Å²) in [5.41, 5.74) is 6.37. The van der Waals surface area contributed by atoms with Gasteiger partial charge in [0.2, 0.25) is 0 Å². The predicted molar refractivity (Wildman–Crippen MR) is 78.4 cm³/mol. The summed E-state index contributed by atoms with van der Waals surface area (Å²) in [6.07, 6.45) is 4.76. The summed E-state index contributed by atoms with van der Waals surface area (Å²) in [6.45, 7) is 0.473. The van der Waals surface area contributed by atoms with Gasteiger partial charge in [-0.25, -0.2) is 4.79 Å². The third kappa shape index (κ3) is 3.85. The maximum absolute atomic E-state index is 12.0. The van der Waals surface area contributed by atoms with E-state index in [0.29, 0.717) is 23.2 Å². The standard InChI is InChI=1S/C14H20ClN3O/c15-11-7-3-4-8-12(11)17-14(19)18-13(9-16)10-5-1-2-6-10/h3-4,7-8,10,13H,1-2,5-6,9,16H2,(H2,17,18,19). The van der Waals surface area contributed by atoms with E-state index in [2.05, 4.69) is 10.6 Å². The van der Waals surface area contributed by atoms with Crippen molar-refractivity contribution in [2.75, 3.05) is 11.9 Å². The highest BCUT2D eigenvalue weighted by Crippen LogP contribution is 2.27. The number of carbonyl (C=O) groups is 1. The molecular formula is C14H20ClN3O. The van der Waals surface area contributed by atoms with Crippen LogP contribution in [0.5, 0.6) is 0 Å². The monoisotopic (exact) mass is 281 g/mol. The quantitative estimate of drug-likeness (QED) is 0.794. The molecular weight excluding hydrogens is 262 g/mol. The zero-order chi connectivity index (χ0) is 13.7. The smallest absolute Gasteiger partial charge is 0.319 e. The number of para-hydroxylation sites is 1. The van der Waals surface area contributed by atoms with Crippen LogP contribution in [0.25, 0.3) is 0 Å². The van der Waals surface area contributed by atoms with Crippen molar-refractivity contribution in [1.29, 1.82) is 0 Å². The topological polar surface area (TPSA) is 67.1 Å². The van der Waals surface area contributed by atoms with Crippen LogP contribution < -0.4 is 16.4 Å². The largest absolute Gasteiger partial charge is 0.334 e. The summed E-state index contributed by atoms with van der Waals surface area (Å²) in [4.78, 5) is 12.0. The van der Waals surface area contributed by atoms with Crippen molar-refractivity contribution in [3.8, 4) is 0 Å². The summed E-state index contributed by atoms with van der Waals surface area (Å²) in [5, 5.41) is 6.24. The molecule has 0 heterocycles. The lowest BCUT2D eigenvalue weighted by atomic mass is 9.98. The zero-order valence-electron chi connectivity index (χ0n) is 10.9. The number of carbonyl (C=O) groups excluding carboxylic acids is 1. The van der Waals surface area contributed by atoms with E-state index in [1.807, 2.05) is 12.1 Å². The van der Waals surface area contributed by atoms with E-state index in [9.17, 15) is 4.79 Å². The average molecular weight is 282 g/mol. The first kappa shape index (κ1) is 14.2. The molecule has 1 fully saturated rings. The van der Waals surface area contributed by atoms with Crippen LogP contribution in [0.1, 0.15) is 25.7 Å². The number of amides is 2. The van der Waals surface area contributed by atoms with Gasteiger partial charge in [-0.3, -0.25) is 0 Å². The van der Waals surface area contributed by atoms with Crippen molar-refractivity contribution in [1.82, 2.24) is 5.32 Å². The number of benzene rings is 1. The zero-order valence-corrected chi connectivity index (χ0v) is 11.6. The first-order valence-electron chi connectivity index (χ1n) is 6.73. The van der Waals surface area contributed by atoms with Crippen LogP contribution in [0.2, 0.25) is 5.02 Å². The third-order valence-corrected chi connectivity index (χ3v) is 3.99. The second kappa shape index (κ2) is 6.78. The highest BCUT2D eigenvalue weighted by molar-refractivity contribution is 6.33. The van der Waals surface area contributed by atoms with Gasteiger partial charge in [0.1, 0.15) is 0 Å². The Morgan fingerprint density at radius 3 is 2.68 bits per heavy atom. The lowest BCUT2D eigenvalue weighted by Crippen LogP contribution is -2.46. The van der Waals surface area contributed by atoms with E-state index in [4.69, 9.17) is 17.3 Å². The number of rotatable bonds is 4. The van der Waals surface area contributed by atoms with Crippen LogP contribution in [0.4, 0.5) is 10.5 Å². The van der Waals surface area contributed by atoms with Gasteiger partial charge in [0.25, 0.3) is 0 Å². The van der Waals surface area contributed by atoms with Gasteiger partial charge in [0.05, 0.1) is 10.7 Å². The molecule has 2 rings (SSSR count). The van der Waals surface area contributed by atoms with Crippen molar-refractivity contribution in [3.63, 3.8) is 0 Å². The van der Waals surface area contributed by atoms with E-state index >= 15 is 0 Å². The molecule has 4 nitrogen and oxygen atoms in total. The van der Waals surface area contributed by atoms with Crippen LogP contribution in [0, 0.1) is 5.92 Å². The van der Waals surface area contributed by atoms with Gasteiger partial charge in [-0.15, -0.1) is 0 Å². The van der Waals surface area contributed by atoms with Crippen LogP contribution >= 0.6 is 11.6 Å². The normalized spacial score (nSPS) is 17.2. The van der Waals surface area contributed by atoms with Crippen molar-refractivity contribution >= 4 is 23.3 Å². The fourth-order valence-electron chi connectivity index (χ4n) is 2.62. The van der Waals surface area contributed by atoms with Gasteiger partial charge in [-0.1, -0.05) is 36.6 Å². The first-order chi connectivity index (χ1) is 9.20. The molecule has 104 valence electrons. The minimum absolute atomic E-state index is 0.0463. The Bertz CT molecular complexity index is 432. The molecule has 2 amide bonds. The van der Waals surface area contributed by atoms with Crippen molar-refractivity contribution in [2.24, 2.45) is 11.7 Å². The molecule has 1 aromatic carbocycles. The molecule has 0 aromatic heterocycles. The van der Waals surface area contributed by atoms with E-state index in [1.165, 1.54) is 12.8 Å². The Morgan fingerprint density at radius 2 is 2.05 bits per heavy atom. The molecule has 0 radical (unpaired) electrons. The van der Waals surface area contributed by atoms with E-state index in [1.54, 1.807) is 12.1 Å². The molecule has 1 unspecified atom stereocenters. The number of hydrogen-bond acceptors (Lipinski definition) is 2. The molecule has 4 N–H and O–H groups in total. The highest BCUT2D eigenvalue weighted by atomic mass is 35.5. The highest BCUT2D eigenvalue weighted by Gasteiger charge is 2.25. The lowest BCUT2D eigenvalue weighted by molar-refractivity contribution is 0.243. The van der Waals surface area contributed by atoms with Gasteiger partial charge in [-0.05, 0) is 30.9 Å². The van der Waals surface area contributed by atoms with Crippen LogP contribution in [-0.2, 0) is 0 Å². The minimum atomic E-state index is -0.240. The Hall–Kier alpha value is -1.26. The molecule has 1 aliphatic carbocycles. The fraction of sp³-hybridized carbons (Fsp3) is 0.500. The van der Waals surface area contributed by atoms with Gasteiger partial charge < -0.3 is 16.4 Å². The number of nitrogens with one attached hydrogen (secondary N) is 2. The summed E-state index contributed by atoms with van der Waals surface area (Å²) >= 11 is 6.00. The fourth-order valence-corrected chi connectivity index (χ4v) is 2.80.